The standard InChI is InChI=1S/C19H18Cl2F2N6/c20-13-9-11(3-5-15(13)22)25-18-26-17(24)27-19(28-7-1-2-8-28)29(18)12-4-6-16(23)14(21)10-12/h3-6,9-10,18,25H,1-2,7-8H2,(H2,24,26). The second-order valence-electron chi connectivity index (χ2n) is 6.71. The molecule has 2 aliphatic heterocycles. The Balaban J connectivity index is 1.75. The normalized spacial score (nSPS) is 19.2. The van der Waals surface area contributed by atoms with Gasteiger partial charge in [-0.3, -0.25) is 4.90 Å². The van der Waals surface area contributed by atoms with Crippen LogP contribution >= 0.6 is 23.2 Å². The van der Waals surface area contributed by atoms with Crippen molar-refractivity contribution in [3.8, 4) is 0 Å². The van der Waals surface area contributed by atoms with Gasteiger partial charge < -0.3 is 16.0 Å². The van der Waals surface area contributed by atoms with Crippen LogP contribution in [0.2, 0.25) is 10.0 Å². The van der Waals surface area contributed by atoms with Gasteiger partial charge in [-0.15, -0.1) is 0 Å². The molecule has 0 bridgehead atoms. The highest BCUT2D eigenvalue weighted by atomic mass is 35.5. The molecule has 1 saturated heterocycles. The minimum Gasteiger partial charge on any atom is -0.368 e. The summed E-state index contributed by atoms with van der Waals surface area (Å²) in [6.07, 6.45) is 1.34. The summed E-state index contributed by atoms with van der Waals surface area (Å²) in [5.41, 5.74) is 7.11. The molecule has 152 valence electrons. The molecule has 6 nitrogen and oxygen atoms in total. The molecule has 1 unspecified atom stereocenters. The van der Waals surface area contributed by atoms with Crippen molar-refractivity contribution in [1.82, 2.24) is 4.90 Å². The number of anilines is 2. The summed E-state index contributed by atoms with van der Waals surface area (Å²) in [5, 5.41) is 3.14. The summed E-state index contributed by atoms with van der Waals surface area (Å²) in [6.45, 7) is 1.62. The first-order chi connectivity index (χ1) is 13.9. The number of halogens is 4. The molecular weight excluding hydrogens is 421 g/mol. The van der Waals surface area contributed by atoms with Crippen LogP contribution in [-0.2, 0) is 0 Å². The molecule has 0 saturated carbocycles. The third kappa shape index (κ3) is 4.09. The molecule has 4 rings (SSSR count). The monoisotopic (exact) mass is 438 g/mol. The Bertz CT molecular complexity index is 991. The number of rotatable bonds is 3. The predicted molar refractivity (Wildman–Crippen MR) is 113 cm³/mol. The predicted octanol–water partition coefficient (Wildman–Crippen LogP) is 4.25. The Hall–Kier alpha value is -2.58. The molecule has 0 radical (unpaired) electrons. The Morgan fingerprint density at radius 2 is 1.66 bits per heavy atom. The third-order valence-corrected chi connectivity index (χ3v) is 5.29. The van der Waals surface area contributed by atoms with Gasteiger partial charge in [-0.05, 0) is 49.2 Å². The van der Waals surface area contributed by atoms with E-state index in [1.807, 2.05) is 0 Å². The Morgan fingerprint density at radius 1 is 1.00 bits per heavy atom. The van der Waals surface area contributed by atoms with Crippen molar-refractivity contribution in [2.75, 3.05) is 23.3 Å². The van der Waals surface area contributed by atoms with Gasteiger partial charge >= 0.3 is 0 Å². The molecule has 2 aliphatic rings. The lowest BCUT2D eigenvalue weighted by atomic mass is 10.2. The molecule has 0 spiro atoms. The van der Waals surface area contributed by atoms with Crippen LogP contribution in [0.3, 0.4) is 0 Å². The summed E-state index contributed by atoms with van der Waals surface area (Å²) in [4.78, 5) is 12.7. The summed E-state index contributed by atoms with van der Waals surface area (Å²) >= 11 is 11.9. The van der Waals surface area contributed by atoms with Gasteiger partial charge in [0, 0.05) is 24.5 Å². The lowest BCUT2D eigenvalue weighted by molar-refractivity contribution is 0.497. The van der Waals surface area contributed by atoms with Crippen LogP contribution in [0.25, 0.3) is 0 Å². The number of aliphatic imine (C=N–C) groups is 2. The SMILES string of the molecule is NC1=NC(Nc2ccc(F)c(Cl)c2)N(c2ccc(F)c(Cl)c2)C(N2CCCC2)=N1. The molecular formula is C19H18Cl2F2N6. The summed E-state index contributed by atoms with van der Waals surface area (Å²) < 4.78 is 27.3. The van der Waals surface area contributed by atoms with Crippen molar-refractivity contribution in [1.29, 1.82) is 0 Å². The number of nitrogens with one attached hydrogen (secondary N) is 1. The van der Waals surface area contributed by atoms with Crippen LogP contribution in [0, 0.1) is 11.6 Å². The van der Waals surface area contributed by atoms with Crippen molar-refractivity contribution >= 4 is 46.5 Å². The number of guanidine groups is 2. The van der Waals surface area contributed by atoms with Crippen LogP contribution in [0.5, 0.6) is 0 Å². The van der Waals surface area contributed by atoms with Crippen molar-refractivity contribution in [2.24, 2.45) is 15.7 Å². The van der Waals surface area contributed by atoms with Crippen molar-refractivity contribution in [2.45, 2.75) is 19.1 Å². The maximum atomic E-state index is 13.7. The minimum absolute atomic E-state index is 0.0191. The van der Waals surface area contributed by atoms with Gasteiger partial charge in [0.1, 0.15) is 11.6 Å². The highest BCUT2D eigenvalue weighted by Gasteiger charge is 2.32. The maximum Gasteiger partial charge on any atom is 0.222 e. The first kappa shape index (κ1) is 19.7. The Morgan fingerprint density at radius 3 is 2.31 bits per heavy atom. The molecule has 0 amide bonds. The van der Waals surface area contributed by atoms with E-state index in [1.54, 1.807) is 17.0 Å². The number of nitrogens with two attached hydrogens (primary N) is 1. The quantitative estimate of drug-likeness (QED) is 0.751. The van der Waals surface area contributed by atoms with E-state index in [1.165, 1.54) is 24.3 Å². The molecule has 0 aromatic heterocycles. The lowest BCUT2D eigenvalue weighted by Crippen LogP contribution is -2.54. The lowest BCUT2D eigenvalue weighted by Gasteiger charge is -2.38. The van der Waals surface area contributed by atoms with Gasteiger partial charge in [-0.2, -0.15) is 4.99 Å². The molecule has 10 heteroatoms. The molecule has 2 heterocycles. The van der Waals surface area contributed by atoms with E-state index in [2.05, 4.69) is 20.2 Å². The second-order valence-corrected chi connectivity index (χ2v) is 7.52. The number of likely N-dealkylation sites (tertiary alicyclic amines) is 1. The Labute approximate surface area is 176 Å². The van der Waals surface area contributed by atoms with E-state index in [-0.39, 0.29) is 16.0 Å². The van der Waals surface area contributed by atoms with Crippen molar-refractivity contribution in [3.05, 3.63) is 58.1 Å². The maximum absolute atomic E-state index is 13.7. The van der Waals surface area contributed by atoms with Crippen LogP contribution < -0.4 is 16.0 Å². The summed E-state index contributed by atoms with van der Waals surface area (Å²) in [5.74, 6) is -0.360. The summed E-state index contributed by atoms with van der Waals surface area (Å²) in [6, 6.07) is 8.65. The number of benzene rings is 2. The second kappa shape index (κ2) is 8.04. The summed E-state index contributed by atoms with van der Waals surface area (Å²) in [7, 11) is 0. The molecule has 2 aromatic carbocycles. The van der Waals surface area contributed by atoms with Gasteiger partial charge in [0.05, 0.1) is 10.0 Å². The highest BCUT2D eigenvalue weighted by molar-refractivity contribution is 6.31. The molecule has 3 N–H and O–H groups in total. The molecule has 1 atom stereocenters. The molecule has 2 aromatic rings. The van der Waals surface area contributed by atoms with Gasteiger partial charge in [-0.25, -0.2) is 13.8 Å². The average molecular weight is 439 g/mol. The van der Waals surface area contributed by atoms with Gasteiger partial charge in [0.25, 0.3) is 0 Å². The van der Waals surface area contributed by atoms with E-state index >= 15 is 0 Å². The van der Waals surface area contributed by atoms with Crippen LogP contribution in [-0.4, -0.2) is 36.2 Å². The first-order valence-electron chi connectivity index (χ1n) is 9.05. The molecule has 29 heavy (non-hydrogen) atoms. The van der Waals surface area contributed by atoms with E-state index in [0.29, 0.717) is 17.3 Å². The topological polar surface area (TPSA) is 69.2 Å². The van der Waals surface area contributed by atoms with Crippen LogP contribution in [0.15, 0.2) is 46.4 Å². The van der Waals surface area contributed by atoms with E-state index in [0.717, 1.165) is 25.9 Å². The molecule has 1 fully saturated rings. The van der Waals surface area contributed by atoms with Crippen LogP contribution in [0.1, 0.15) is 12.8 Å². The van der Waals surface area contributed by atoms with Crippen LogP contribution in [0.4, 0.5) is 20.2 Å². The first-order valence-corrected chi connectivity index (χ1v) is 9.81. The fraction of sp³-hybridized carbons (Fsp3) is 0.263. The Kier molecular flexibility index (Phi) is 5.47. The van der Waals surface area contributed by atoms with Gasteiger partial charge in [0.15, 0.2) is 0 Å². The largest absolute Gasteiger partial charge is 0.368 e. The number of hydrogen-bond acceptors (Lipinski definition) is 6. The zero-order valence-corrected chi connectivity index (χ0v) is 16.8. The van der Waals surface area contributed by atoms with E-state index < -0.39 is 17.9 Å². The zero-order valence-electron chi connectivity index (χ0n) is 15.2. The highest BCUT2D eigenvalue weighted by Crippen LogP contribution is 2.29. The zero-order chi connectivity index (χ0) is 20.5. The minimum atomic E-state index is -0.717. The van der Waals surface area contributed by atoms with E-state index in [4.69, 9.17) is 28.9 Å². The van der Waals surface area contributed by atoms with E-state index in [9.17, 15) is 8.78 Å². The van der Waals surface area contributed by atoms with Gasteiger partial charge in [0.2, 0.25) is 18.2 Å². The average Bonchev–Trinajstić information content (AvgIpc) is 3.21. The molecule has 0 aliphatic carbocycles. The number of nitrogens with zero attached hydrogens (tertiary/aromatic N) is 4. The van der Waals surface area contributed by atoms with Gasteiger partial charge in [-0.1, -0.05) is 23.2 Å². The fourth-order valence-corrected chi connectivity index (χ4v) is 3.70. The third-order valence-electron chi connectivity index (χ3n) is 4.71. The van der Waals surface area contributed by atoms with Crippen molar-refractivity contribution < 1.29 is 8.78 Å². The van der Waals surface area contributed by atoms with Crippen molar-refractivity contribution in [3.63, 3.8) is 0 Å². The number of hydrogen-bond donors (Lipinski definition) is 2. The smallest absolute Gasteiger partial charge is 0.222 e. The fourth-order valence-electron chi connectivity index (χ4n) is 3.34.